The van der Waals surface area contributed by atoms with E-state index in [9.17, 15) is 5.11 Å². The fourth-order valence-electron chi connectivity index (χ4n) is 2.50. The van der Waals surface area contributed by atoms with Crippen molar-refractivity contribution in [1.82, 2.24) is 25.3 Å². The van der Waals surface area contributed by atoms with Crippen LogP contribution in [0.2, 0.25) is 4.34 Å². The Labute approximate surface area is 163 Å². The number of aliphatic hydroxyl groups is 1. The van der Waals surface area contributed by atoms with E-state index in [2.05, 4.69) is 25.6 Å². The first-order valence-electron chi connectivity index (χ1n) is 8.51. The van der Waals surface area contributed by atoms with E-state index >= 15 is 0 Å². The average Bonchev–Trinajstić information content (AvgIpc) is 3.21. The van der Waals surface area contributed by atoms with Crippen molar-refractivity contribution in [1.29, 1.82) is 0 Å². The summed E-state index contributed by atoms with van der Waals surface area (Å²) in [4.78, 5) is 7.62. The quantitative estimate of drug-likeness (QED) is 0.468. The number of nitrogens with one attached hydrogen (secondary N) is 2. The Hall–Kier alpha value is -1.61. The van der Waals surface area contributed by atoms with E-state index in [1.165, 1.54) is 11.3 Å². The zero-order valence-corrected chi connectivity index (χ0v) is 17.2. The van der Waals surface area contributed by atoms with Crippen LogP contribution in [0.5, 0.6) is 0 Å². The van der Waals surface area contributed by atoms with Gasteiger partial charge in [0.25, 0.3) is 0 Å². The molecule has 144 valence electrons. The summed E-state index contributed by atoms with van der Waals surface area (Å²) in [6, 6.07) is 3.76. The highest BCUT2D eigenvalue weighted by Gasteiger charge is 2.16. The van der Waals surface area contributed by atoms with Crippen LogP contribution in [-0.4, -0.2) is 59.5 Å². The maximum Gasteiger partial charge on any atom is 0.191 e. The number of rotatable bonds is 8. The summed E-state index contributed by atoms with van der Waals surface area (Å²) in [5.74, 6) is 0.671. The zero-order valence-electron chi connectivity index (χ0n) is 15.6. The predicted molar refractivity (Wildman–Crippen MR) is 108 cm³/mol. The molecular formula is C17H27ClN6OS. The van der Waals surface area contributed by atoms with Gasteiger partial charge in [0.1, 0.15) is 6.10 Å². The lowest BCUT2D eigenvalue weighted by molar-refractivity contribution is 0.184. The lowest BCUT2D eigenvalue weighted by atomic mass is 10.1. The Morgan fingerprint density at radius 2 is 2.19 bits per heavy atom. The molecule has 2 aromatic heterocycles. The summed E-state index contributed by atoms with van der Waals surface area (Å²) in [5, 5.41) is 20.9. The van der Waals surface area contributed by atoms with Gasteiger partial charge in [-0.1, -0.05) is 11.6 Å². The summed E-state index contributed by atoms with van der Waals surface area (Å²) in [5.41, 5.74) is 1.12. The smallest absolute Gasteiger partial charge is 0.191 e. The molecule has 0 bridgehead atoms. The minimum atomic E-state index is -0.626. The van der Waals surface area contributed by atoms with Gasteiger partial charge in [0, 0.05) is 36.8 Å². The van der Waals surface area contributed by atoms with Crippen molar-refractivity contribution >= 4 is 28.9 Å². The molecule has 0 saturated carbocycles. The first-order chi connectivity index (χ1) is 12.4. The Kier molecular flexibility index (Phi) is 7.89. The van der Waals surface area contributed by atoms with Crippen LogP contribution in [0.1, 0.15) is 29.5 Å². The zero-order chi connectivity index (χ0) is 19.1. The average molecular weight is 399 g/mol. The minimum absolute atomic E-state index is 0.125. The number of halogens is 1. The van der Waals surface area contributed by atoms with E-state index in [-0.39, 0.29) is 6.04 Å². The van der Waals surface area contributed by atoms with Crippen LogP contribution in [0, 0.1) is 0 Å². The highest BCUT2D eigenvalue weighted by atomic mass is 35.5. The van der Waals surface area contributed by atoms with Gasteiger partial charge in [-0.25, -0.2) is 0 Å². The van der Waals surface area contributed by atoms with Gasteiger partial charge in [-0.3, -0.25) is 9.67 Å². The number of aliphatic hydroxyl groups excluding tert-OH is 1. The number of aryl methyl sites for hydroxylation is 1. The third-order valence-electron chi connectivity index (χ3n) is 3.88. The molecule has 2 rings (SSSR count). The topological polar surface area (TPSA) is 77.7 Å². The molecule has 0 saturated heterocycles. The largest absolute Gasteiger partial charge is 0.386 e. The van der Waals surface area contributed by atoms with Crippen molar-refractivity contribution in [3.63, 3.8) is 0 Å². The van der Waals surface area contributed by atoms with E-state index in [4.69, 9.17) is 11.6 Å². The SMILES string of the molecule is CCNC(=NCC(c1cnn(C)c1)N(C)C)NCC(O)c1ccc(Cl)s1. The molecule has 7 nitrogen and oxygen atoms in total. The van der Waals surface area contributed by atoms with Crippen LogP contribution in [-0.2, 0) is 7.05 Å². The number of aromatic nitrogens is 2. The van der Waals surface area contributed by atoms with Gasteiger partial charge >= 0.3 is 0 Å². The van der Waals surface area contributed by atoms with Crippen LogP contribution < -0.4 is 10.6 Å². The first kappa shape index (κ1) is 20.7. The number of hydrogen-bond donors (Lipinski definition) is 3. The summed E-state index contributed by atoms with van der Waals surface area (Å²) >= 11 is 7.31. The van der Waals surface area contributed by atoms with Gasteiger partial charge in [0.2, 0.25) is 0 Å². The molecule has 0 aliphatic carbocycles. The summed E-state index contributed by atoms with van der Waals surface area (Å²) < 4.78 is 2.46. The number of nitrogens with zero attached hydrogens (tertiary/aromatic N) is 4. The Balaban J connectivity index is 2.00. The van der Waals surface area contributed by atoms with Gasteiger partial charge in [-0.05, 0) is 33.2 Å². The van der Waals surface area contributed by atoms with E-state index < -0.39 is 6.10 Å². The molecule has 0 radical (unpaired) electrons. The normalized spacial score (nSPS) is 14.5. The summed E-state index contributed by atoms with van der Waals surface area (Å²) in [7, 11) is 5.96. The summed E-state index contributed by atoms with van der Waals surface area (Å²) in [6.07, 6.45) is 3.25. The van der Waals surface area contributed by atoms with Crippen molar-refractivity contribution in [2.24, 2.45) is 12.0 Å². The van der Waals surface area contributed by atoms with Gasteiger partial charge in [0.05, 0.1) is 23.1 Å². The van der Waals surface area contributed by atoms with E-state index in [1.807, 2.05) is 46.5 Å². The molecule has 9 heteroatoms. The Bertz CT molecular complexity index is 714. The predicted octanol–water partition coefficient (Wildman–Crippen LogP) is 2.03. The molecule has 0 aromatic carbocycles. The highest BCUT2D eigenvalue weighted by Crippen LogP contribution is 2.26. The van der Waals surface area contributed by atoms with Gasteiger partial charge in [-0.15, -0.1) is 11.3 Å². The fraction of sp³-hybridized carbons (Fsp3) is 0.529. The maximum absolute atomic E-state index is 10.3. The van der Waals surface area contributed by atoms with Crippen molar-refractivity contribution in [2.75, 3.05) is 33.7 Å². The van der Waals surface area contributed by atoms with E-state index in [0.717, 1.165) is 17.0 Å². The molecule has 3 N–H and O–H groups in total. The number of likely N-dealkylation sites (N-methyl/N-ethyl adjacent to an activating group) is 1. The molecular weight excluding hydrogens is 372 g/mol. The van der Waals surface area contributed by atoms with Gasteiger partial charge in [-0.2, -0.15) is 5.10 Å². The molecule has 26 heavy (non-hydrogen) atoms. The minimum Gasteiger partial charge on any atom is -0.386 e. The first-order valence-corrected chi connectivity index (χ1v) is 9.70. The number of hydrogen-bond acceptors (Lipinski definition) is 5. The van der Waals surface area contributed by atoms with Crippen LogP contribution in [0.15, 0.2) is 29.5 Å². The van der Waals surface area contributed by atoms with Crippen LogP contribution in [0.4, 0.5) is 0 Å². The van der Waals surface area contributed by atoms with E-state index in [1.54, 1.807) is 10.7 Å². The second-order valence-electron chi connectivity index (χ2n) is 6.18. The van der Waals surface area contributed by atoms with Crippen LogP contribution in [0.3, 0.4) is 0 Å². The molecule has 2 unspecified atom stereocenters. The summed E-state index contributed by atoms with van der Waals surface area (Å²) in [6.45, 7) is 3.70. The lowest BCUT2D eigenvalue weighted by Crippen LogP contribution is -2.40. The van der Waals surface area contributed by atoms with E-state index in [0.29, 0.717) is 23.4 Å². The maximum atomic E-state index is 10.3. The molecule has 0 amide bonds. The second kappa shape index (κ2) is 9.91. The van der Waals surface area contributed by atoms with Gasteiger partial charge < -0.3 is 20.6 Å². The van der Waals surface area contributed by atoms with Crippen molar-refractivity contribution in [3.05, 3.63) is 39.3 Å². The van der Waals surface area contributed by atoms with Crippen LogP contribution in [0.25, 0.3) is 0 Å². The molecule has 2 heterocycles. The highest BCUT2D eigenvalue weighted by molar-refractivity contribution is 7.16. The Morgan fingerprint density at radius 1 is 1.42 bits per heavy atom. The van der Waals surface area contributed by atoms with Crippen molar-refractivity contribution in [3.8, 4) is 0 Å². The number of guanidine groups is 1. The Morgan fingerprint density at radius 3 is 2.73 bits per heavy atom. The van der Waals surface area contributed by atoms with Crippen molar-refractivity contribution in [2.45, 2.75) is 19.1 Å². The third-order valence-corrected chi connectivity index (χ3v) is 5.22. The second-order valence-corrected chi connectivity index (χ2v) is 7.93. The van der Waals surface area contributed by atoms with Crippen molar-refractivity contribution < 1.29 is 5.11 Å². The molecule has 2 atom stereocenters. The van der Waals surface area contributed by atoms with Gasteiger partial charge in [0.15, 0.2) is 5.96 Å². The lowest BCUT2D eigenvalue weighted by Gasteiger charge is -2.22. The number of thiophene rings is 1. The fourth-order valence-corrected chi connectivity index (χ4v) is 3.55. The molecule has 0 aliphatic rings. The molecule has 0 fully saturated rings. The molecule has 0 aliphatic heterocycles. The number of aliphatic imine (C=N–C) groups is 1. The standard InChI is InChI=1S/C17H27ClN6OS/c1-5-19-17(21-10-14(25)15-6-7-16(18)26-15)20-9-13(23(2)3)12-8-22-24(4)11-12/h6-8,11,13-14,25H,5,9-10H2,1-4H3,(H2,19,20,21). The third kappa shape index (κ3) is 5.98. The molecule has 0 spiro atoms. The van der Waals surface area contributed by atoms with Crippen LogP contribution >= 0.6 is 22.9 Å². The monoisotopic (exact) mass is 398 g/mol. The molecule has 2 aromatic rings.